The first-order valence-electron chi connectivity index (χ1n) is 13.9. The highest BCUT2D eigenvalue weighted by molar-refractivity contribution is 6.04. The van der Waals surface area contributed by atoms with E-state index in [2.05, 4.69) is 26.0 Å². The van der Waals surface area contributed by atoms with E-state index in [9.17, 15) is 14.4 Å². The smallest absolute Gasteiger partial charge is 0.279 e. The van der Waals surface area contributed by atoms with Gasteiger partial charge in [0, 0.05) is 61.2 Å². The van der Waals surface area contributed by atoms with Crippen molar-refractivity contribution in [1.29, 1.82) is 0 Å². The van der Waals surface area contributed by atoms with Crippen LogP contribution in [0.5, 0.6) is 5.88 Å². The van der Waals surface area contributed by atoms with Crippen LogP contribution in [0.4, 0.5) is 10.1 Å². The Bertz CT molecular complexity index is 1770. The van der Waals surface area contributed by atoms with Crippen LogP contribution in [0.2, 0.25) is 0 Å². The number of pyridine rings is 1. The first kappa shape index (κ1) is 29.6. The standard InChI is InChI=1S/C32H33FN6O4/c1-18-15-27(38-31(43-4)25(18)17-34-16-20-11-12-28(40)36-20)23-9-5-8-22(29(23)33)21-7-6-10-26(19(21)2)37-30(41)24-13-14-35-39(3)32(24)42/h5-10,13-15,20,34H,11-12,16-17H2,1-4H3,(H,36,40)(H,37,41)/t20-/m0/s1. The van der Waals surface area contributed by atoms with Crippen LogP contribution in [0.1, 0.15) is 39.9 Å². The molecule has 0 bridgehead atoms. The first-order chi connectivity index (χ1) is 20.7. The number of hydrogen-bond donors (Lipinski definition) is 3. The zero-order valence-corrected chi connectivity index (χ0v) is 24.5. The molecule has 3 N–H and O–H groups in total. The summed E-state index contributed by atoms with van der Waals surface area (Å²) in [5, 5.41) is 12.9. The summed E-state index contributed by atoms with van der Waals surface area (Å²) in [7, 11) is 3.00. The summed E-state index contributed by atoms with van der Waals surface area (Å²) < 4.78 is 22.9. The van der Waals surface area contributed by atoms with Crippen molar-refractivity contribution >= 4 is 17.5 Å². The van der Waals surface area contributed by atoms with Crippen LogP contribution in [-0.2, 0) is 18.4 Å². The van der Waals surface area contributed by atoms with Gasteiger partial charge in [0.2, 0.25) is 11.8 Å². The summed E-state index contributed by atoms with van der Waals surface area (Å²) in [6.45, 7) is 4.83. The average molecular weight is 585 g/mol. The minimum atomic E-state index is -0.577. The number of ether oxygens (including phenoxy) is 1. The summed E-state index contributed by atoms with van der Waals surface area (Å²) in [4.78, 5) is 41.4. The number of nitrogens with zero attached hydrogens (tertiary/aromatic N) is 3. The highest BCUT2D eigenvalue weighted by Crippen LogP contribution is 2.36. The second-order valence-electron chi connectivity index (χ2n) is 10.5. The van der Waals surface area contributed by atoms with Gasteiger partial charge in [0.15, 0.2) is 0 Å². The molecular formula is C32H33FN6O4. The molecule has 5 rings (SSSR count). The largest absolute Gasteiger partial charge is 0.481 e. The molecule has 1 atom stereocenters. The number of halogens is 1. The number of aromatic nitrogens is 3. The van der Waals surface area contributed by atoms with E-state index in [0.717, 1.165) is 22.2 Å². The predicted octanol–water partition coefficient (Wildman–Crippen LogP) is 3.89. The molecule has 10 nitrogen and oxygen atoms in total. The predicted molar refractivity (Wildman–Crippen MR) is 161 cm³/mol. The Labute approximate surface area is 248 Å². The Morgan fingerprint density at radius 3 is 2.60 bits per heavy atom. The van der Waals surface area contributed by atoms with Gasteiger partial charge in [0.25, 0.3) is 11.5 Å². The topological polar surface area (TPSA) is 127 Å². The zero-order chi connectivity index (χ0) is 30.7. The van der Waals surface area contributed by atoms with Gasteiger partial charge >= 0.3 is 0 Å². The Balaban J connectivity index is 1.42. The summed E-state index contributed by atoms with van der Waals surface area (Å²) >= 11 is 0. The van der Waals surface area contributed by atoms with Crippen LogP contribution in [0, 0.1) is 19.7 Å². The number of rotatable bonds is 9. The molecule has 4 aromatic rings. The Hall–Kier alpha value is -4.90. The van der Waals surface area contributed by atoms with Crippen molar-refractivity contribution in [3.8, 4) is 28.3 Å². The Morgan fingerprint density at radius 1 is 1.12 bits per heavy atom. The van der Waals surface area contributed by atoms with E-state index in [1.807, 2.05) is 13.0 Å². The molecule has 3 heterocycles. The lowest BCUT2D eigenvalue weighted by molar-refractivity contribution is -0.119. The lowest BCUT2D eigenvalue weighted by atomic mass is 9.95. The van der Waals surface area contributed by atoms with Crippen molar-refractivity contribution in [1.82, 2.24) is 25.4 Å². The number of hydrogen-bond acceptors (Lipinski definition) is 7. The van der Waals surface area contributed by atoms with Crippen LogP contribution < -0.4 is 26.2 Å². The number of aryl methyl sites for hydroxylation is 2. The van der Waals surface area contributed by atoms with Crippen LogP contribution >= 0.6 is 0 Å². The lowest BCUT2D eigenvalue weighted by Gasteiger charge is -2.17. The van der Waals surface area contributed by atoms with Crippen LogP contribution in [0.25, 0.3) is 22.4 Å². The quantitative estimate of drug-likeness (QED) is 0.272. The monoisotopic (exact) mass is 584 g/mol. The highest BCUT2D eigenvalue weighted by Gasteiger charge is 2.22. The maximum absolute atomic E-state index is 16.2. The highest BCUT2D eigenvalue weighted by atomic mass is 19.1. The van der Waals surface area contributed by atoms with Gasteiger partial charge in [-0.05, 0) is 61.2 Å². The fourth-order valence-corrected chi connectivity index (χ4v) is 5.26. The van der Waals surface area contributed by atoms with Gasteiger partial charge in [-0.1, -0.05) is 24.3 Å². The second kappa shape index (κ2) is 12.5. The molecule has 0 unspecified atom stereocenters. The molecule has 0 aliphatic carbocycles. The van der Waals surface area contributed by atoms with Gasteiger partial charge in [-0.3, -0.25) is 14.4 Å². The molecule has 1 aliphatic rings. The maximum Gasteiger partial charge on any atom is 0.279 e. The van der Waals surface area contributed by atoms with E-state index in [1.165, 1.54) is 26.4 Å². The molecule has 0 radical (unpaired) electrons. The molecular weight excluding hydrogens is 551 g/mol. The summed E-state index contributed by atoms with van der Waals surface area (Å²) in [5.74, 6) is -0.578. The normalized spacial score (nSPS) is 14.4. The van der Waals surface area contributed by atoms with Crippen molar-refractivity contribution in [3.63, 3.8) is 0 Å². The molecule has 2 amide bonds. The van der Waals surface area contributed by atoms with Crippen LogP contribution in [0.15, 0.2) is 59.5 Å². The van der Waals surface area contributed by atoms with Crippen molar-refractivity contribution in [3.05, 3.63) is 93.2 Å². The van der Waals surface area contributed by atoms with Gasteiger partial charge in [-0.15, -0.1) is 0 Å². The van der Waals surface area contributed by atoms with Crippen molar-refractivity contribution < 1.29 is 18.7 Å². The van der Waals surface area contributed by atoms with E-state index < -0.39 is 17.3 Å². The molecule has 222 valence electrons. The third-order valence-corrected chi connectivity index (χ3v) is 7.68. The summed E-state index contributed by atoms with van der Waals surface area (Å²) in [6, 6.07) is 13.6. The molecule has 2 aromatic heterocycles. The molecule has 2 aromatic carbocycles. The van der Waals surface area contributed by atoms with E-state index in [4.69, 9.17) is 4.74 Å². The number of amides is 2. The van der Waals surface area contributed by atoms with Crippen LogP contribution in [-0.4, -0.2) is 46.3 Å². The number of benzene rings is 2. The second-order valence-corrected chi connectivity index (χ2v) is 10.5. The zero-order valence-electron chi connectivity index (χ0n) is 24.5. The van der Waals surface area contributed by atoms with Crippen LogP contribution in [0.3, 0.4) is 0 Å². The first-order valence-corrected chi connectivity index (χ1v) is 13.9. The van der Waals surface area contributed by atoms with Gasteiger partial charge < -0.3 is 20.7 Å². The fraction of sp³-hybridized carbons (Fsp3) is 0.281. The van der Waals surface area contributed by atoms with Gasteiger partial charge in [-0.25, -0.2) is 14.1 Å². The number of anilines is 1. The van der Waals surface area contributed by atoms with E-state index in [1.54, 1.807) is 43.3 Å². The Kier molecular flexibility index (Phi) is 8.63. The van der Waals surface area contributed by atoms with Gasteiger partial charge in [0.05, 0.1) is 12.8 Å². The van der Waals surface area contributed by atoms with E-state index in [-0.39, 0.29) is 17.5 Å². The minimum absolute atomic E-state index is 0.0465. The number of nitrogens with one attached hydrogen (secondary N) is 3. The summed E-state index contributed by atoms with van der Waals surface area (Å²) in [5.41, 5.74) is 3.93. The molecule has 43 heavy (non-hydrogen) atoms. The third kappa shape index (κ3) is 6.17. The maximum atomic E-state index is 16.2. The molecule has 1 fully saturated rings. The summed E-state index contributed by atoms with van der Waals surface area (Å²) in [6.07, 6.45) is 2.72. The SMILES string of the molecule is COc1nc(-c2cccc(-c3cccc(NC(=O)c4ccnn(C)c4=O)c3C)c2F)cc(C)c1CNC[C@@H]1CCC(=O)N1. The van der Waals surface area contributed by atoms with Crippen molar-refractivity contribution in [2.24, 2.45) is 7.05 Å². The van der Waals surface area contributed by atoms with E-state index >= 15 is 4.39 Å². The molecule has 0 spiro atoms. The number of methoxy groups -OCH3 is 1. The number of carbonyl (C=O) groups is 2. The average Bonchev–Trinajstić information content (AvgIpc) is 3.41. The third-order valence-electron chi connectivity index (χ3n) is 7.68. The minimum Gasteiger partial charge on any atom is -0.481 e. The van der Waals surface area contributed by atoms with Crippen molar-refractivity contribution in [2.75, 3.05) is 19.0 Å². The number of carbonyl (C=O) groups excluding carboxylic acids is 2. The molecule has 11 heteroatoms. The lowest BCUT2D eigenvalue weighted by Crippen LogP contribution is -2.35. The van der Waals surface area contributed by atoms with Crippen molar-refractivity contribution in [2.45, 2.75) is 39.3 Å². The Morgan fingerprint density at radius 2 is 1.86 bits per heavy atom. The molecule has 1 aliphatic heterocycles. The molecule has 0 saturated carbocycles. The fourth-order valence-electron chi connectivity index (χ4n) is 5.26. The van der Waals surface area contributed by atoms with Gasteiger partial charge in [0.1, 0.15) is 11.4 Å². The van der Waals surface area contributed by atoms with E-state index in [0.29, 0.717) is 59.0 Å². The van der Waals surface area contributed by atoms with Gasteiger partial charge in [-0.2, -0.15) is 5.10 Å². The molecule has 1 saturated heterocycles.